The Morgan fingerprint density at radius 2 is 1.53 bits per heavy atom. The van der Waals surface area contributed by atoms with Crippen molar-refractivity contribution in [3.63, 3.8) is 0 Å². The van der Waals surface area contributed by atoms with Crippen molar-refractivity contribution in [1.29, 1.82) is 0 Å². The molecule has 0 aromatic carbocycles. The molecule has 0 bridgehead atoms. The topological polar surface area (TPSA) is 82.1 Å². The summed E-state index contributed by atoms with van der Waals surface area (Å²) < 4.78 is 17.9. The Morgan fingerprint density at radius 3 is 1.94 bits per heavy atom. The van der Waals surface area contributed by atoms with E-state index >= 15 is 0 Å². The number of carbonyl (C=O) groups excluding carboxylic acids is 3. The average Bonchev–Trinajstić information content (AvgIpc) is 2.99. The van der Waals surface area contributed by atoms with Crippen LogP contribution in [0.1, 0.15) is 88.5 Å². The molecule has 0 spiro atoms. The van der Waals surface area contributed by atoms with Crippen LogP contribution in [0.2, 0.25) is 18.1 Å². The molecule has 1 rings (SSSR count). The molecule has 0 N–H and O–H groups in total. The summed E-state index contributed by atoms with van der Waals surface area (Å²) in [6.45, 7) is 24.1. The Balaban J connectivity index is 3.39. The van der Waals surface area contributed by atoms with E-state index in [0.717, 1.165) is 6.29 Å². The van der Waals surface area contributed by atoms with E-state index in [1.54, 1.807) is 20.8 Å². The SMILES string of the molecule is CCC(C=O)CC1C(CO[Si](C)(C)C(C)(C)C)CC(C(=O)OC(C)(C)C)N1C(=O)OC(C)(C)C. The van der Waals surface area contributed by atoms with Gasteiger partial charge in [-0.05, 0) is 78.9 Å². The second-order valence-electron chi connectivity index (χ2n) is 13.1. The van der Waals surface area contributed by atoms with E-state index < -0.39 is 37.6 Å². The number of hydrogen-bond acceptors (Lipinski definition) is 6. The highest BCUT2D eigenvalue weighted by molar-refractivity contribution is 6.74. The Kier molecular flexibility index (Phi) is 10.00. The van der Waals surface area contributed by atoms with Crippen LogP contribution >= 0.6 is 0 Å². The summed E-state index contributed by atoms with van der Waals surface area (Å²) in [4.78, 5) is 39.9. The average molecular weight is 500 g/mol. The first kappa shape index (κ1) is 30.6. The van der Waals surface area contributed by atoms with Gasteiger partial charge in [0.2, 0.25) is 0 Å². The molecule has 1 heterocycles. The van der Waals surface area contributed by atoms with Gasteiger partial charge in [0, 0.05) is 24.5 Å². The van der Waals surface area contributed by atoms with Gasteiger partial charge in [0.15, 0.2) is 8.32 Å². The molecule has 8 heteroatoms. The van der Waals surface area contributed by atoms with Gasteiger partial charge in [-0.2, -0.15) is 0 Å². The lowest BCUT2D eigenvalue weighted by molar-refractivity contribution is -0.160. The molecule has 0 aromatic rings. The zero-order chi connectivity index (χ0) is 26.7. The Bertz CT molecular complexity index is 716. The molecule has 0 radical (unpaired) electrons. The van der Waals surface area contributed by atoms with E-state index in [4.69, 9.17) is 13.9 Å². The second-order valence-corrected chi connectivity index (χ2v) is 17.9. The maximum Gasteiger partial charge on any atom is 0.411 e. The maximum absolute atomic E-state index is 13.4. The molecule has 34 heavy (non-hydrogen) atoms. The number of rotatable bonds is 8. The molecule has 198 valence electrons. The van der Waals surface area contributed by atoms with Crippen LogP contribution in [-0.2, 0) is 23.5 Å². The lowest BCUT2D eigenvalue weighted by Gasteiger charge is -2.38. The van der Waals surface area contributed by atoms with E-state index in [0.29, 0.717) is 25.9 Å². The smallest absolute Gasteiger partial charge is 0.411 e. The van der Waals surface area contributed by atoms with Crippen LogP contribution in [0.3, 0.4) is 0 Å². The van der Waals surface area contributed by atoms with Gasteiger partial charge < -0.3 is 18.7 Å². The Hall–Kier alpha value is -1.41. The van der Waals surface area contributed by atoms with Crippen molar-refractivity contribution in [2.45, 2.75) is 130 Å². The van der Waals surface area contributed by atoms with Gasteiger partial charge >= 0.3 is 12.1 Å². The molecular formula is C26H49NO6Si. The molecule has 0 aliphatic carbocycles. The van der Waals surface area contributed by atoms with Crippen LogP contribution in [0.25, 0.3) is 0 Å². The molecule has 0 saturated carbocycles. The molecule has 4 unspecified atom stereocenters. The third-order valence-electron chi connectivity index (χ3n) is 6.77. The lowest BCUT2D eigenvalue weighted by Crippen LogP contribution is -2.50. The third kappa shape index (κ3) is 8.67. The van der Waals surface area contributed by atoms with Crippen molar-refractivity contribution in [3.05, 3.63) is 0 Å². The zero-order valence-electron chi connectivity index (χ0n) is 23.6. The largest absolute Gasteiger partial charge is 0.458 e. The summed E-state index contributed by atoms with van der Waals surface area (Å²) in [7, 11) is -2.05. The summed E-state index contributed by atoms with van der Waals surface area (Å²) in [6, 6.07) is -1.14. The van der Waals surface area contributed by atoms with Crippen molar-refractivity contribution in [2.24, 2.45) is 11.8 Å². The highest BCUT2D eigenvalue weighted by atomic mass is 28.4. The number of nitrogens with zero attached hydrogens (tertiary/aromatic N) is 1. The fourth-order valence-corrected chi connectivity index (χ4v) is 4.88. The van der Waals surface area contributed by atoms with Crippen molar-refractivity contribution in [2.75, 3.05) is 6.61 Å². The van der Waals surface area contributed by atoms with Crippen LogP contribution in [0.5, 0.6) is 0 Å². The number of carbonyl (C=O) groups is 3. The van der Waals surface area contributed by atoms with Gasteiger partial charge in [0.1, 0.15) is 23.5 Å². The molecule has 1 fully saturated rings. The van der Waals surface area contributed by atoms with Crippen molar-refractivity contribution >= 4 is 26.7 Å². The van der Waals surface area contributed by atoms with E-state index in [-0.39, 0.29) is 22.9 Å². The summed E-state index contributed by atoms with van der Waals surface area (Å²) in [5.74, 6) is -0.770. The van der Waals surface area contributed by atoms with E-state index in [2.05, 4.69) is 33.9 Å². The van der Waals surface area contributed by atoms with Crippen molar-refractivity contribution < 1.29 is 28.3 Å². The van der Waals surface area contributed by atoms with Crippen LogP contribution in [-0.4, -0.2) is 61.5 Å². The van der Waals surface area contributed by atoms with Gasteiger partial charge in [-0.3, -0.25) is 4.90 Å². The predicted octanol–water partition coefficient (Wildman–Crippen LogP) is 5.96. The highest BCUT2D eigenvalue weighted by Crippen LogP contribution is 2.40. The Labute approximate surface area is 208 Å². The van der Waals surface area contributed by atoms with Crippen molar-refractivity contribution in [3.8, 4) is 0 Å². The van der Waals surface area contributed by atoms with Crippen LogP contribution in [0.4, 0.5) is 4.79 Å². The molecule has 7 nitrogen and oxygen atoms in total. The third-order valence-corrected chi connectivity index (χ3v) is 11.3. The Morgan fingerprint density at radius 1 is 1.00 bits per heavy atom. The quantitative estimate of drug-likeness (QED) is 0.233. The molecule has 1 amide bonds. The molecular weight excluding hydrogens is 450 g/mol. The first-order valence-electron chi connectivity index (χ1n) is 12.6. The number of esters is 1. The summed E-state index contributed by atoms with van der Waals surface area (Å²) in [5, 5.41) is 0.0330. The van der Waals surface area contributed by atoms with Gasteiger partial charge in [-0.15, -0.1) is 0 Å². The summed E-state index contributed by atoms with van der Waals surface area (Å²) in [5.41, 5.74) is -1.40. The monoisotopic (exact) mass is 499 g/mol. The number of hydrogen-bond donors (Lipinski definition) is 0. The van der Waals surface area contributed by atoms with Gasteiger partial charge in [-0.25, -0.2) is 9.59 Å². The molecule has 1 aliphatic rings. The number of ether oxygens (including phenoxy) is 2. The number of aldehydes is 1. The van der Waals surface area contributed by atoms with E-state index in [1.807, 2.05) is 27.7 Å². The maximum atomic E-state index is 13.4. The molecule has 1 saturated heterocycles. The van der Waals surface area contributed by atoms with Crippen molar-refractivity contribution in [1.82, 2.24) is 4.90 Å². The van der Waals surface area contributed by atoms with E-state index in [1.165, 1.54) is 4.90 Å². The molecule has 0 aromatic heterocycles. The first-order valence-corrected chi connectivity index (χ1v) is 15.5. The highest BCUT2D eigenvalue weighted by Gasteiger charge is 2.51. The fraction of sp³-hybridized carbons (Fsp3) is 0.885. The minimum atomic E-state index is -2.05. The predicted molar refractivity (Wildman–Crippen MR) is 137 cm³/mol. The summed E-state index contributed by atoms with van der Waals surface area (Å²) in [6.07, 6.45) is 1.94. The molecule has 4 atom stereocenters. The standard InChI is InChI=1S/C26H49NO6Si/c1-13-18(16-28)14-20-19(17-31-34(11,12)26(8,9)10)15-21(22(29)32-24(2,3)4)27(20)23(30)33-25(5,6)7/h16,18-21H,13-15,17H2,1-12H3. The first-order chi connectivity index (χ1) is 15.2. The fourth-order valence-electron chi connectivity index (χ4n) is 3.82. The van der Waals surface area contributed by atoms with Crippen LogP contribution in [0, 0.1) is 11.8 Å². The van der Waals surface area contributed by atoms with Gasteiger partial charge in [0.25, 0.3) is 0 Å². The van der Waals surface area contributed by atoms with Crippen LogP contribution < -0.4 is 0 Å². The lowest BCUT2D eigenvalue weighted by atomic mass is 9.90. The normalized spacial score (nSPS) is 22.9. The van der Waals surface area contributed by atoms with Gasteiger partial charge in [0.05, 0.1) is 0 Å². The second kappa shape index (κ2) is 11.1. The summed E-state index contributed by atoms with van der Waals surface area (Å²) >= 11 is 0. The minimum Gasteiger partial charge on any atom is -0.458 e. The number of amides is 1. The van der Waals surface area contributed by atoms with Gasteiger partial charge in [-0.1, -0.05) is 27.7 Å². The van der Waals surface area contributed by atoms with Crippen LogP contribution in [0.15, 0.2) is 0 Å². The zero-order valence-corrected chi connectivity index (χ0v) is 24.6. The minimum absolute atomic E-state index is 0.0330. The van der Waals surface area contributed by atoms with E-state index in [9.17, 15) is 14.4 Å². The molecule has 1 aliphatic heterocycles. The number of likely N-dealkylation sites (tertiary alicyclic amines) is 1.